The van der Waals surface area contributed by atoms with Gasteiger partial charge in [-0.3, -0.25) is 4.79 Å². The number of aromatic carboxylic acids is 1. The van der Waals surface area contributed by atoms with Crippen LogP contribution in [0.3, 0.4) is 0 Å². The van der Waals surface area contributed by atoms with Crippen LogP contribution in [0.1, 0.15) is 20.8 Å². The zero-order valence-corrected chi connectivity index (χ0v) is 11.4. The van der Waals surface area contributed by atoms with Crippen LogP contribution >= 0.6 is 23.2 Å². The number of carboxylic acid groups (broad SMARTS) is 1. The lowest BCUT2D eigenvalue weighted by atomic mass is 10.2. The molecule has 2 rings (SSSR count). The Morgan fingerprint density at radius 1 is 1.15 bits per heavy atom. The molecule has 20 heavy (non-hydrogen) atoms. The number of aromatic nitrogens is 1. The topological polar surface area (TPSA) is 79.3 Å². The summed E-state index contributed by atoms with van der Waals surface area (Å²) in [4.78, 5) is 26.7. The van der Waals surface area contributed by atoms with Gasteiger partial charge in [-0.25, -0.2) is 9.78 Å². The summed E-state index contributed by atoms with van der Waals surface area (Å²) in [5.41, 5.74) is 0.316. The van der Waals surface area contributed by atoms with Crippen LogP contribution in [0.4, 0.5) is 5.69 Å². The Balaban J connectivity index is 2.27. The van der Waals surface area contributed by atoms with Crippen molar-refractivity contribution >= 4 is 40.8 Å². The maximum atomic E-state index is 12.0. The molecule has 0 atom stereocenters. The average Bonchev–Trinajstić information content (AvgIpc) is 2.41. The van der Waals surface area contributed by atoms with Gasteiger partial charge in [0.1, 0.15) is 10.8 Å². The first-order valence-corrected chi connectivity index (χ1v) is 6.20. The second-order valence-electron chi connectivity index (χ2n) is 3.80. The molecule has 7 heteroatoms. The van der Waals surface area contributed by atoms with Gasteiger partial charge in [0.25, 0.3) is 5.91 Å². The Kier molecular flexibility index (Phi) is 4.22. The molecule has 2 N–H and O–H groups in total. The van der Waals surface area contributed by atoms with Crippen molar-refractivity contribution in [3.63, 3.8) is 0 Å². The molecular formula is C13H8Cl2N2O3. The van der Waals surface area contributed by atoms with Crippen LogP contribution in [-0.4, -0.2) is 22.0 Å². The van der Waals surface area contributed by atoms with E-state index in [0.29, 0.717) is 0 Å². The number of nitrogens with zero attached hydrogens (tertiary/aromatic N) is 1. The maximum absolute atomic E-state index is 12.0. The highest BCUT2D eigenvalue weighted by atomic mass is 35.5. The van der Waals surface area contributed by atoms with Crippen LogP contribution < -0.4 is 5.32 Å². The lowest BCUT2D eigenvalue weighted by Crippen LogP contribution is -2.14. The standard InChI is InChI=1S/C13H8Cl2N2O3/c14-8-5-4-7(13(19)20)6-10(8)17-12(18)9-2-1-3-11(15)16-9/h1-6H,(H,17,18)(H,19,20). The van der Waals surface area contributed by atoms with E-state index in [0.717, 1.165) is 0 Å². The van der Waals surface area contributed by atoms with Crippen molar-refractivity contribution in [2.45, 2.75) is 0 Å². The number of carboxylic acids is 1. The number of anilines is 1. The molecular weight excluding hydrogens is 303 g/mol. The van der Waals surface area contributed by atoms with Gasteiger partial charge in [0.2, 0.25) is 0 Å². The second-order valence-corrected chi connectivity index (χ2v) is 4.59. The monoisotopic (exact) mass is 310 g/mol. The minimum absolute atomic E-state index is 0.0174. The largest absolute Gasteiger partial charge is 0.478 e. The zero-order chi connectivity index (χ0) is 14.7. The molecule has 1 aromatic carbocycles. The van der Waals surface area contributed by atoms with E-state index in [2.05, 4.69) is 10.3 Å². The summed E-state index contributed by atoms with van der Waals surface area (Å²) in [7, 11) is 0. The average molecular weight is 311 g/mol. The van der Waals surface area contributed by atoms with Crippen molar-refractivity contribution in [3.05, 3.63) is 57.8 Å². The number of halogens is 2. The Morgan fingerprint density at radius 3 is 2.55 bits per heavy atom. The van der Waals surface area contributed by atoms with Crippen molar-refractivity contribution in [1.29, 1.82) is 0 Å². The molecule has 0 bridgehead atoms. The SMILES string of the molecule is O=C(O)c1ccc(Cl)c(NC(=O)c2cccc(Cl)n2)c1. The number of benzene rings is 1. The van der Waals surface area contributed by atoms with Gasteiger partial charge in [-0.2, -0.15) is 0 Å². The number of amides is 1. The molecule has 0 aliphatic heterocycles. The van der Waals surface area contributed by atoms with E-state index in [-0.39, 0.29) is 27.1 Å². The predicted molar refractivity (Wildman–Crippen MR) is 75.6 cm³/mol. The van der Waals surface area contributed by atoms with E-state index in [4.69, 9.17) is 28.3 Å². The summed E-state index contributed by atoms with van der Waals surface area (Å²) in [6.45, 7) is 0. The Hall–Kier alpha value is -2.11. The van der Waals surface area contributed by atoms with Gasteiger partial charge in [-0.1, -0.05) is 29.3 Å². The van der Waals surface area contributed by atoms with Crippen LogP contribution in [0, 0.1) is 0 Å². The van der Waals surface area contributed by atoms with Gasteiger partial charge in [0.05, 0.1) is 16.3 Å². The summed E-state index contributed by atoms with van der Waals surface area (Å²) in [5, 5.41) is 11.8. The van der Waals surface area contributed by atoms with Gasteiger partial charge < -0.3 is 10.4 Å². The predicted octanol–water partition coefficient (Wildman–Crippen LogP) is 3.34. The van der Waals surface area contributed by atoms with Crippen LogP contribution in [0.2, 0.25) is 10.2 Å². The summed E-state index contributed by atoms with van der Waals surface area (Å²) < 4.78 is 0. The van der Waals surface area contributed by atoms with Gasteiger partial charge in [-0.15, -0.1) is 0 Å². The Morgan fingerprint density at radius 2 is 1.90 bits per heavy atom. The van der Waals surface area contributed by atoms with E-state index in [9.17, 15) is 9.59 Å². The van der Waals surface area contributed by atoms with Crippen molar-refractivity contribution in [2.24, 2.45) is 0 Å². The van der Waals surface area contributed by atoms with Gasteiger partial charge in [-0.05, 0) is 30.3 Å². The summed E-state index contributed by atoms with van der Waals surface area (Å²) in [6.07, 6.45) is 0. The Bertz CT molecular complexity index is 689. The first kappa shape index (κ1) is 14.3. The third-order valence-electron chi connectivity index (χ3n) is 2.41. The molecule has 0 fully saturated rings. The third-order valence-corrected chi connectivity index (χ3v) is 2.95. The number of carbonyl (C=O) groups excluding carboxylic acids is 1. The van der Waals surface area contributed by atoms with Crippen LogP contribution in [0.25, 0.3) is 0 Å². The fourth-order valence-electron chi connectivity index (χ4n) is 1.48. The second kappa shape index (κ2) is 5.90. The van der Waals surface area contributed by atoms with Crippen LogP contribution in [-0.2, 0) is 0 Å². The van der Waals surface area contributed by atoms with Crippen molar-refractivity contribution in [2.75, 3.05) is 5.32 Å². The zero-order valence-electron chi connectivity index (χ0n) is 9.93. The van der Waals surface area contributed by atoms with Crippen LogP contribution in [0.5, 0.6) is 0 Å². The molecule has 0 unspecified atom stereocenters. The van der Waals surface area contributed by atoms with Crippen molar-refractivity contribution < 1.29 is 14.7 Å². The lowest BCUT2D eigenvalue weighted by Gasteiger charge is -2.08. The maximum Gasteiger partial charge on any atom is 0.335 e. The number of rotatable bonds is 3. The highest BCUT2D eigenvalue weighted by molar-refractivity contribution is 6.34. The fraction of sp³-hybridized carbons (Fsp3) is 0. The summed E-state index contributed by atoms with van der Waals surface area (Å²) in [6, 6.07) is 8.61. The fourth-order valence-corrected chi connectivity index (χ4v) is 1.80. The van der Waals surface area contributed by atoms with Crippen LogP contribution in [0.15, 0.2) is 36.4 Å². The lowest BCUT2D eigenvalue weighted by molar-refractivity contribution is 0.0696. The minimum atomic E-state index is -1.11. The van der Waals surface area contributed by atoms with Crippen molar-refractivity contribution in [3.8, 4) is 0 Å². The first-order chi connectivity index (χ1) is 9.47. The third kappa shape index (κ3) is 3.26. The van der Waals surface area contributed by atoms with Gasteiger partial charge in [0.15, 0.2) is 0 Å². The molecule has 2 aromatic rings. The number of hydrogen-bond donors (Lipinski definition) is 2. The van der Waals surface area contributed by atoms with E-state index < -0.39 is 11.9 Å². The van der Waals surface area contributed by atoms with E-state index >= 15 is 0 Å². The molecule has 0 radical (unpaired) electrons. The number of hydrogen-bond acceptors (Lipinski definition) is 3. The molecule has 1 amide bonds. The molecule has 5 nitrogen and oxygen atoms in total. The van der Waals surface area contributed by atoms with E-state index in [1.807, 2.05) is 0 Å². The smallest absolute Gasteiger partial charge is 0.335 e. The molecule has 1 heterocycles. The van der Waals surface area contributed by atoms with Gasteiger partial charge >= 0.3 is 5.97 Å². The Labute approximate surface area is 124 Å². The van der Waals surface area contributed by atoms with Gasteiger partial charge in [0, 0.05) is 0 Å². The number of carbonyl (C=O) groups is 2. The molecule has 102 valence electrons. The van der Waals surface area contributed by atoms with E-state index in [1.165, 1.54) is 30.3 Å². The van der Waals surface area contributed by atoms with E-state index in [1.54, 1.807) is 6.07 Å². The normalized spacial score (nSPS) is 10.1. The quantitative estimate of drug-likeness (QED) is 0.852. The molecule has 0 saturated carbocycles. The molecule has 0 saturated heterocycles. The summed E-state index contributed by atoms with van der Waals surface area (Å²) in [5.74, 6) is -1.64. The number of nitrogens with one attached hydrogen (secondary N) is 1. The molecule has 0 spiro atoms. The highest BCUT2D eigenvalue weighted by Crippen LogP contribution is 2.23. The molecule has 1 aromatic heterocycles. The first-order valence-electron chi connectivity index (χ1n) is 5.44. The number of pyridine rings is 1. The summed E-state index contributed by atoms with van der Waals surface area (Å²) >= 11 is 11.6. The minimum Gasteiger partial charge on any atom is -0.478 e. The molecule has 0 aliphatic carbocycles. The highest BCUT2D eigenvalue weighted by Gasteiger charge is 2.12. The van der Waals surface area contributed by atoms with Crippen molar-refractivity contribution in [1.82, 2.24) is 4.98 Å². The molecule has 0 aliphatic rings.